The fourth-order valence-corrected chi connectivity index (χ4v) is 5.26. The van der Waals surface area contributed by atoms with Crippen molar-refractivity contribution in [2.75, 3.05) is 17.1 Å². The van der Waals surface area contributed by atoms with E-state index >= 15 is 0 Å². The molecule has 2 aromatic rings. The average molecular weight is 536 g/mol. The van der Waals surface area contributed by atoms with Crippen LogP contribution in [0.1, 0.15) is 56.7 Å². The molecule has 0 aliphatic heterocycles. The number of anilines is 1. The van der Waals surface area contributed by atoms with Crippen LogP contribution in [-0.2, 0) is 26.2 Å². The predicted octanol–water partition coefficient (Wildman–Crippen LogP) is 4.84. The first-order chi connectivity index (χ1) is 16.8. The molecule has 0 saturated heterocycles. The third-order valence-corrected chi connectivity index (χ3v) is 7.18. The van der Waals surface area contributed by atoms with Crippen molar-refractivity contribution in [2.24, 2.45) is 0 Å². The summed E-state index contributed by atoms with van der Waals surface area (Å²) < 4.78 is 26.4. The fraction of sp³-hybridized carbons (Fsp3) is 0.481. The maximum Gasteiger partial charge on any atom is 0.243 e. The number of hydrogen-bond acceptors (Lipinski definition) is 4. The number of halogens is 1. The summed E-state index contributed by atoms with van der Waals surface area (Å²) in [5.41, 5.74) is 3.37. The van der Waals surface area contributed by atoms with Gasteiger partial charge in [0, 0.05) is 30.6 Å². The second kappa shape index (κ2) is 13.1. The zero-order valence-corrected chi connectivity index (χ0v) is 23.6. The minimum Gasteiger partial charge on any atom is -0.352 e. The lowest BCUT2D eigenvalue weighted by Gasteiger charge is -2.31. The van der Waals surface area contributed by atoms with Crippen LogP contribution in [0.25, 0.3) is 0 Å². The third kappa shape index (κ3) is 8.82. The van der Waals surface area contributed by atoms with Crippen LogP contribution in [0.15, 0.2) is 42.5 Å². The Morgan fingerprint density at radius 1 is 1.03 bits per heavy atom. The molecule has 9 heteroatoms. The summed E-state index contributed by atoms with van der Waals surface area (Å²) in [5, 5.41) is 3.50. The highest BCUT2D eigenvalue weighted by molar-refractivity contribution is 7.92. The zero-order chi connectivity index (χ0) is 27.0. The molecule has 0 aliphatic rings. The average Bonchev–Trinajstić information content (AvgIpc) is 2.75. The summed E-state index contributed by atoms with van der Waals surface area (Å²) in [5.74, 6) is -0.410. The lowest BCUT2D eigenvalue weighted by molar-refractivity contribution is -0.141. The highest BCUT2D eigenvalue weighted by Gasteiger charge is 2.29. The number of carbonyl (C=O) groups is 2. The summed E-state index contributed by atoms with van der Waals surface area (Å²) in [4.78, 5) is 27.9. The van der Waals surface area contributed by atoms with Crippen LogP contribution in [0.2, 0.25) is 5.02 Å². The lowest BCUT2D eigenvalue weighted by atomic mass is 10.1. The second-order valence-corrected chi connectivity index (χ2v) is 11.9. The minimum atomic E-state index is -3.54. The quantitative estimate of drug-likeness (QED) is 0.421. The highest BCUT2D eigenvalue weighted by atomic mass is 35.5. The van der Waals surface area contributed by atoms with E-state index in [1.807, 2.05) is 65.0 Å². The van der Waals surface area contributed by atoms with Gasteiger partial charge in [-0.25, -0.2) is 8.42 Å². The van der Waals surface area contributed by atoms with Gasteiger partial charge in [0.1, 0.15) is 6.04 Å². The van der Waals surface area contributed by atoms with Gasteiger partial charge < -0.3 is 10.2 Å². The van der Waals surface area contributed by atoms with Crippen molar-refractivity contribution in [3.05, 3.63) is 64.2 Å². The molecule has 0 fully saturated rings. The SMILES string of the molecule is CCC(C(=O)NC(C)C)N(Cc1ccc(Cl)cc1)C(=O)CCCN(c1cc(C)cc(C)c1)S(C)(=O)=O. The third-order valence-electron chi connectivity index (χ3n) is 5.73. The van der Waals surface area contributed by atoms with Gasteiger partial charge in [-0.2, -0.15) is 0 Å². The summed E-state index contributed by atoms with van der Waals surface area (Å²) in [6.45, 7) is 9.89. The van der Waals surface area contributed by atoms with E-state index < -0.39 is 16.1 Å². The normalized spacial score (nSPS) is 12.3. The van der Waals surface area contributed by atoms with Crippen molar-refractivity contribution in [2.45, 2.75) is 72.5 Å². The number of hydrogen-bond donors (Lipinski definition) is 1. The molecule has 0 radical (unpaired) electrons. The molecule has 1 N–H and O–H groups in total. The highest BCUT2D eigenvalue weighted by Crippen LogP contribution is 2.23. The molecule has 2 aromatic carbocycles. The Morgan fingerprint density at radius 2 is 1.61 bits per heavy atom. The van der Waals surface area contributed by atoms with E-state index in [2.05, 4.69) is 5.32 Å². The first kappa shape index (κ1) is 29.6. The molecule has 198 valence electrons. The summed E-state index contributed by atoms with van der Waals surface area (Å²) in [6, 6.07) is 12.1. The Hall–Kier alpha value is -2.58. The zero-order valence-electron chi connectivity index (χ0n) is 22.0. The van der Waals surface area contributed by atoms with Gasteiger partial charge in [-0.1, -0.05) is 36.7 Å². The Labute approximate surface area is 220 Å². The van der Waals surface area contributed by atoms with Gasteiger partial charge in [-0.05, 0) is 81.5 Å². The minimum absolute atomic E-state index is 0.0554. The van der Waals surface area contributed by atoms with Gasteiger partial charge in [-0.15, -0.1) is 0 Å². The van der Waals surface area contributed by atoms with Gasteiger partial charge in [-0.3, -0.25) is 13.9 Å². The van der Waals surface area contributed by atoms with Crippen molar-refractivity contribution in [3.8, 4) is 0 Å². The Morgan fingerprint density at radius 3 is 2.11 bits per heavy atom. The van der Waals surface area contributed by atoms with Crippen molar-refractivity contribution in [3.63, 3.8) is 0 Å². The number of aryl methyl sites for hydroxylation is 2. The van der Waals surface area contributed by atoms with Crippen LogP contribution in [0.3, 0.4) is 0 Å². The van der Waals surface area contributed by atoms with Crippen molar-refractivity contribution in [1.29, 1.82) is 0 Å². The fourth-order valence-electron chi connectivity index (χ4n) is 4.19. The number of nitrogens with one attached hydrogen (secondary N) is 1. The maximum atomic E-state index is 13.4. The summed E-state index contributed by atoms with van der Waals surface area (Å²) in [6.07, 6.45) is 2.05. The molecule has 7 nitrogen and oxygen atoms in total. The molecule has 0 aliphatic carbocycles. The van der Waals surface area contributed by atoms with E-state index in [-0.39, 0.29) is 37.4 Å². The number of nitrogens with zero attached hydrogens (tertiary/aromatic N) is 2. The first-order valence-corrected chi connectivity index (χ1v) is 14.4. The molecule has 0 saturated carbocycles. The van der Waals surface area contributed by atoms with E-state index in [9.17, 15) is 18.0 Å². The Balaban J connectivity index is 2.23. The molecule has 2 amide bonds. The monoisotopic (exact) mass is 535 g/mol. The van der Waals surface area contributed by atoms with Gasteiger partial charge in [0.05, 0.1) is 11.9 Å². The van der Waals surface area contributed by atoms with Crippen LogP contribution in [0.4, 0.5) is 5.69 Å². The molecule has 36 heavy (non-hydrogen) atoms. The van der Waals surface area contributed by atoms with Gasteiger partial charge in [0.2, 0.25) is 21.8 Å². The van der Waals surface area contributed by atoms with Crippen LogP contribution in [-0.4, -0.2) is 50.0 Å². The molecule has 1 atom stereocenters. The molecule has 0 heterocycles. The van der Waals surface area contributed by atoms with Crippen molar-refractivity contribution in [1.82, 2.24) is 10.2 Å². The topological polar surface area (TPSA) is 86.8 Å². The maximum absolute atomic E-state index is 13.4. The standard InChI is InChI=1S/C27H38ClN3O4S/c1-7-25(27(33)29-19(2)3)30(18-22-10-12-23(28)13-11-22)26(32)9-8-14-31(36(6,34)35)24-16-20(4)15-21(5)17-24/h10-13,15-17,19,25H,7-9,14,18H2,1-6H3,(H,29,33). The number of benzene rings is 2. The predicted molar refractivity (Wildman–Crippen MR) is 147 cm³/mol. The van der Waals surface area contributed by atoms with E-state index in [1.165, 1.54) is 10.6 Å². The van der Waals surface area contributed by atoms with Gasteiger partial charge in [0.15, 0.2) is 0 Å². The molecule has 2 rings (SSSR count). The molecule has 0 aromatic heterocycles. The smallest absolute Gasteiger partial charge is 0.243 e. The van der Waals surface area contributed by atoms with E-state index in [0.29, 0.717) is 23.6 Å². The first-order valence-electron chi connectivity index (χ1n) is 12.2. The molecule has 0 bridgehead atoms. The molecule has 0 spiro atoms. The van der Waals surface area contributed by atoms with Crippen LogP contribution in [0, 0.1) is 13.8 Å². The van der Waals surface area contributed by atoms with Gasteiger partial charge in [0.25, 0.3) is 0 Å². The van der Waals surface area contributed by atoms with E-state index in [4.69, 9.17) is 11.6 Å². The number of rotatable bonds is 12. The molecular weight excluding hydrogens is 498 g/mol. The number of sulfonamides is 1. The molecule has 1 unspecified atom stereocenters. The number of amides is 2. The van der Waals surface area contributed by atoms with Crippen molar-refractivity contribution < 1.29 is 18.0 Å². The second-order valence-electron chi connectivity index (χ2n) is 9.52. The van der Waals surface area contributed by atoms with Crippen LogP contribution in [0.5, 0.6) is 0 Å². The number of carbonyl (C=O) groups excluding carboxylic acids is 2. The summed E-state index contributed by atoms with van der Waals surface area (Å²) in [7, 11) is -3.54. The Kier molecular flexibility index (Phi) is 10.8. The van der Waals surface area contributed by atoms with E-state index in [0.717, 1.165) is 16.7 Å². The van der Waals surface area contributed by atoms with E-state index in [1.54, 1.807) is 17.0 Å². The van der Waals surface area contributed by atoms with Crippen LogP contribution < -0.4 is 9.62 Å². The Bertz CT molecular complexity index is 1130. The molecular formula is C27H38ClN3O4S. The summed E-state index contributed by atoms with van der Waals surface area (Å²) >= 11 is 6.01. The van der Waals surface area contributed by atoms with Crippen molar-refractivity contribution >= 4 is 39.1 Å². The van der Waals surface area contributed by atoms with Crippen LogP contribution >= 0.6 is 11.6 Å². The largest absolute Gasteiger partial charge is 0.352 e. The van der Waals surface area contributed by atoms with Gasteiger partial charge >= 0.3 is 0 Å². The lowest BCUT2D eigenvalue weighted by Crippen LogP contribution is -2.50.